The van der Waals surface area contributed by atoms with Crippen LogP contribution in [-0.2, 0) is 16.1 Å². The Bertz CT molecular complexity index is 852. The number of ether oxygens (including phenoxy) is 2. The SMILES string of the molecule is C=CCOc1ccccc1CN1CCC(n2nccc2NC(=O)[C@@H]2CCOC2)CC1. The van der Waals surface area contributed by atoms with Gasteiger partial charge in [-0.05, 0) is 25.3 Å². The molecule has 2 fully saturated rings. The molecule has 0 unspecified atom stereocenters. The number of nitrogens with one attached hydrogen (secondary N) is 1. The van der Waals surface area contributed by atoms with Crippen LogP contribution in [0.5, 0.6) is 5.75 Å². The number of hydrogen-bond acceptors (Lipinski definition) is 5. The molecule has 2 aliphatic rings. The molecule has 1 amide bonds. The molecule has 0 radical (unpaired) electrons. The van der Waals surface area contributed by atoms with Crippen molar-refractivity contribution in [2.45, 2.75) is 31.8 Å². The third kappa shape index (κ3) is 4.91. The van der Waals surface area contributed by atoms with Gasteiger partial charge in [0.15, 0.2) is 0 Å². The molecule has 3 heterocycles. The number of likely N-dealkylation sites (tertiary alicyclic amines) is 1. The smallest absolute Gasteiger partial charge is 0.231 e. The van der Waals surface area contributed by atoms with E-state index in [0.717, 1.165) is 50.5 Å². The fraction of sp³-hybridized carbons (Fsp3) is 0.478. The highest BCUT2D eigenvalue weighted by molar-refractivity contribution is 5.92. The summed E-state index contributed by atoms with van der Waals surface area (Å²) in [4.78, 5) is 14.9. The fourth-order valence-electron chi connectivity index (χ4n) is 4.16. The number of carbonyl (C=O) groups is 1. The lowest BCUT2D eigenvalue weighted by Gasteiger charge is -2.33. The van der Waals surface area contributed by atoms with Gasteiger partial charge in [0.25, 0.3) is 0 Å². The van der Waals surface area contributed by atoms with Gasteiger partial charge in [-0.3, -0.25) is 9.69 Å². The van der Waals surface area contributed by atoms with Crippen LogP contribution < -0.4 is 10.1 Å². The van der Waals surface area contributed by atoms with E-state index in [2.05, 4.69) is 34.0 Å². The molecule has 1 aromatic heterocycles. The standard InChI is InChI=1S/C23H30N4O3/c1-2-14-30-21-6-4-3-5-18(21)16-26-12-8-20(9-13-26)27-22(7-11-24-27)25-23(28)19-10-15-29-17-19/h2-7,11,19-20H,1,8-10,12-17H2,(H,25,28)/t19-/m1/s1. The number of hydrogen-bond donors (Lipinski definition) is 1. The largest absolute Gasteiger partial charge is 0.489 e. The van der Waals surface area contributed by atoms with E-state index in [1.54, 1.807) is 12.3 Å². The average molecular weight is 411 g/mol. The van der Waals surface area contributed by atoms with Crippen LogP contribution in [0.25, 0.3) is 0 Å². The summed E-state index contributed by atoms with van der Waals surface area (Å²) < 4.78 is 13.1. The molecule has 1 atom stereocenters. The number of rotatable bonds is 8. The predicted octanol–water partition coefficient (Wildman–Crippen LogP) is 3.26. The number of benzene rings is 1. The zero-order valence-corrected chi connectivity index (χ0v) is 17.3. The lowest BCUT2D eigenvalue weighted by Crippen LogP contribution is -2.35. The van der Waals surface area contributed by atoms with Crippen molar-refractivity contribution in [3.63, 3.8) is 0 Å². The Hall–Kier alpha value is -2.64. The molecule has 4 rings (SSSR count). The molecule has 2 aromatic rings. The summed E-state index contributed by atoms with van der Waals surface area (Å²) in [5.74, 6) is 1.68. The molecule has 2 aliphatic heterocycles. The van der Waals surface area contributed by atoms with Crippen molar-refractivity contribution in [2.24, 2.45) is 5.92 Å². The first kappa shape index (κ1) is 20.6. The summed E-state index contributed by atoms with van der Waals surface area (Å²) in [6.07, 6.45) is 6.30. The summed E-state index contributed by atoms with van der Waals surface area (Å²) in [7, 11) is 0. The van der Waals surface area contributed by atoms with Crippen molar-refractivity contribution in [3.05, 3.63) is 54.7 Å². The van der Waals surface area contributed by atoms with Crippen molar-refractivity contribution in [2.75, 3.05) is 38.2 Å². The van der Waals surface area contributed by atoms with E-state index in [-0.39, 0.29) is 11.8 Å². The van der Waals surface area contributed by atoms with Gasteiger partial charge in [0, 0.05) is 37.9 Å². The average Bonchev–Trinajstić information content (AvgIpc) is 3.46. The molecule has 1 aromatic carbocycles. The maximum absolute atomic E-state index is 12.5. The van der Waals surface area contributed by atoms with E-state index < -0.39 is 0 Å². The first-order chi connectivity index (χ1) is 14.7. The second-order valence-corrected chi connectivity index (χ2v) is 7.93. The molecule has 0 aliphatic carbocycles. The molecule has 30 heavy (non-hydrogen) atoms. The second kappa shape index (κ2) is 9.91. The highest BCUT2D eigenvalue weighted by Crippen LogP contribution is 2.28. The van der Waals surface area contributed by atoms with Gasteiger partial charge < -0.3 is 14.8 Å². The molecule has 7 nitrogen and oxygen atoms in total. The van der Waals surface area contributed by atoms with Gasteiger partial charge >= 0.3 is 0 Å². The summed E-state index contributed by atoms with van der Waals surface area (Å²) >= 11 is 0. The normalized spacial score (nSPS) is 20.2. The number of nitrogens with zero attached hydrogens (tertiary/aromatic N) is 3. The monoisotopic (exact) mass is 410 g/mol. The molecule has 0 bridgehead atoms. The Morgan fingerprint density at radius 2 is 2.10 bits per heavy atom. The van der Waals surface area contributed by atoms with Crippen LogP contribution in [0.2, 0.25) is 0 Å². The van der Waals surface area contributed by atoms with Crippen molar-refractivity contribution >= 4 is 11.7 Å². The number of para-hydroxylation sites is 1. The van der Waals surface area contributed by atoms with Crippen molar-refractivity contribution in [1.82, 2.24) is 14.7 Å². The van der Waals surface area contributed by atoms with Gasteiger partial charge in [-0.15, -0.1) is 0 Å². The van der Waals surface area contributed by atoms with Crippen LogP contribution in [0.4, 0.5) is 5.82 Å². The quantitative estimate of drug-likeness (QED) is 0.677. The lowest BCUT2D eigenvalue weighted by atomic mass is 10.0. The minimum absolute atomic E-state index is 0.0304. The van der Waals surface area contributed by atoms with Crippen LogP contribution in [0, 0.1) is 5.92 Å². The highest BCUT2D eigenvalue weighted by Gasteiger charge is 2.27. The van der Waals surface area contributed by atoms with E-state index >= 15 is 0 Å². The van der Waals surface area contributed by atoms with E-state index in [4.69, 9.17) is 9.47 Å². The lowest BCUT2D eigenvalue weighted by molar-refractivity contribution is -0.119. The maximum Gasteiger partial charge on any atom is 0.231 e. The van der Waals surface area contributed by atoms with Gasteiger partial charge in [-0.2, -0.15) is 5.10 Å². The van der Waals surface area contributed by atoms with Gasteiger partial charge in [0.1, 0.15) is 18.2 Å². The third-order valence-corrected chi connectivity index (χ3v) is 5.85. The zero-order valence-electron chi connectivity index (χ0n) is 17.3. The van der Waals surface area contributed by atoms with Crippen molar-refractivity contribution in [3.8, 4) is 5.75 Å². The Labute approximate surface area is 177 Å². The van der Waals surface area contributed by atoms with Gasteiger partial charge in [-0.25, -0.2) is 4.68 Å². The molecular weight excluding hydrogens is 380 g/mol. The fourth-order valence-corrected chi connectivity index (χ4v) is 4.16. The van der Waals surface area contributed by atoms with Gasteiger partial charge in [0.2, 0.25) is 5.91 Å². The van der Waals surface area contributed by atoms with E-state index in [1.807, 2.05) is 22.9 Å². The number of amides is 1. The topological polar surface area (TPSA) is 68.6 Å². The summed E-state index contributed by atoms with van der Waals surface area (Å²) in [6, 6.07) is 10.4. The van der Waals surface area contributed by atoms with Crippen LogP contribution in [0.3, 0.4) is 0 Å². The van der Waals surface area contributed by atoms with Crippen LogP contribution in [0.15, 0.2) is 49.2 Å². The number of anilines is 1. The number of carbonyl (C=O) groups excluding carboxylic acids is 1. The van der Waals surface area contributed by atoms with Crippen LogP contribution in [-0.4, -0.2) is 53.5 Å². The number of aromatic nitrogens is 2. The second-order valence-electron chi connectivity index (χ2n) is 7.93. The van der Waals surface area contributed by atoms with Crippen molar-refractivity contribution < 1.29 is 14.3 Å². The van der Waals surface area contributed by atoms with E-state index in [1.165, 1.54) is 5.56 Å². The molecule has 160 valence electrons. The summed E-state index contributed by atoms with van der Waals surface area (Å²) in [5.41, 5.74) is 1.20. The first-order valence-electron chi connectivity index (χ1n) is 10.7. The van der Waals surface area contributed by atoms with E-state index in [9.17, 15) is 4.79 Å². The first-order valence-corrected chi connectivity index (χ1v) is 10.7. The Morgan fingerprint density at radius 1 is 1.27 bits per heavy atom. The van der Waals surface area contributed by atoms with E-state index in [0.29, 0.717) is 25.9 Å². The molecule has 0 saturated carbocycles. The minimum atomic E-state index is -0.0569. The van der Waals surface area contributed by atoms with Crippen molar-refractivity contribution in [1.29, 1.82) is 0 Å². The molecule has 1 N–H and O–H groups in total. The Kier molecular flexibility index (Phi) is 6.81. The maximum atomic E-state index is 12.5. The highest BCUT2D eigenvalue weighted by atomic mass is 16.5. The Balaban J connectivity index is 1.33. The summed E-state index contributed by atoms with van der Waals surface area (Å²) in [5, 5.41) is 7.55. The van der Waals surface area contributed by atoms with Crippen LogP contribution >= 0.6 is 0 Å². The molecule has 0 spiro atoms. The molecular formula is C23H30N4O3. The van der Waals surface area contributed by atoms with Gasteiger partial charge in [0.05, 0.1) is 24.8 Å². The molecule has 7 heteroatoms. The zero-order chi connectivity index (χ0) is 20.8. The Morgan fingerprint density at radius 3 is 2.87 bits per heavy atom. The molecule has 2 saturated heterocycles. The third-order valence-electron chi connectivity index (χ3n) is 5.85. The number of piperidine rings is 1. The van der Waals surface area contributed by atoms with Gasteiger partial charge in [-0.1, -0.05) is 30.9 Å². The predicted molar refractivity (Wildman–Crippen MR) is 115 cm³/mol. The minimum Gasteiger partial charge on any atom is -0.489 e. The van der Waals surface area contributed by atoms with Crippen LogP contribution in [0.1, 0.15) is 30.9 Å². The summed E-state index contributed by atoms with van der Waals surface area (Å²) in [6.45, 7) is 8.23.